The largest absolute Gasteiger partial charge is 0.310 e. The summed E-state index contributed by atoms with van der Waals surface area (Å²) in [5.74, 6) is 2.38. The second-order valence-electron chi connectivity index (χ2n) is 7.06. The monoisotopic (exact) mass is 287 g/mol. The summed E-state index contributed by atoms with van der Waals surface area (Å²) >= 11 is 0. The van der Waals surface area contributed by atoms with Crippen molar-refractivity contribution in [2.45, 2.75) is 71.8 Å². The summed E-state index contributed by atoms with van der Waals surface area (Å²) in [6, 6.07) is 9.91. The van der Waals surface area contributed by atoms with Crippen molar-refractivity contribution in [3.63, 3.8) is 0 Å². The van der Waals surface area contributed by atoms with Gasteiger partial charge in [-0.05, 0) is 48.3 Å². The molecule has 118 valence electrons. The third kappa shape index (κ3) is 4.32. The average molecular weight is 287 g/mol. The van der Waals surface area contributed by atoms with Crippen LogP contribution in [-0.2, 0) is 0 Å². The van der Waals surface area contributed by atoms with Crippen LogP contribution >= 0.6 is 0 Å². The summed E-state index contributed by atoms with van der Waals surface area (Å²) < 4.78 is 0. The second kappa shape index (κ2) is 7.98. The van der Waals surface area contributed by atoms with E-state index in [9.17, 15) is 0 Å². The molecule has 0 bridgehead atoms. The Morgan fingerprint density at radius 3 is 2.29 bits per heavy atom. The van der Waals surface area contributed by atoms with Gasteiger partial charge in [0.1, 0.15) is 0 Å². The zero-order valence-corrected chi connectivity index (χ0v) is 14.4. The van der Waals surface area contributed by atoms with Gasteiger partial charge >= 0.3 is 0 Å². The maximum absolute atomic E-state index is 3.76. The molecule has 0 heterocycles. The van der Waals surface area contributed by atoms with E-state index in [0.29, 0.717) is 12.0 Å². The number of hydrogen-bond donors (Lipinski definition) is 1. The van der Waals surface area contributed by atoms with E-state index in [1.165, 1.54) is 43.2 Å². The van der Waals surface area contributed by atoms with Crippen LogP contribution in [0.25, 0.3) is 0 Å². The van der Waals surface area contributed by atoms with E-state index in [2.05, 4.69) is 57.3 Å². The van der Waals surface area contributed by atoms with Gasteiger partial charge in [-0.3, -0.25) is 0 Å². The van der Waals surface area contributed by atoms with Gasteiger partial charge < -0.3 is 5.32 Å². The van der Waals surface area contributed by atoms with Crippen molar-refractivity contribution in [3.05, 3.63) is 35.4 Å². The lowest BCUT2D eigenvalue weighted by molar-refractivity contribution is 0.210. The zero-order valence-electron chi connectivity index (χ0n) is 14.4. The minimum atomic E-state index is 0.547. The molecule has 3 atom stereocenters. The lowest BCUT2D eigenvalue weighted by Gasteiger charge is -2.35. The van der Waals surface area contributed by atoms with E-state index in [1.807, 2.05) is 0 Å². The molecule has 1 aromatic rings. The summed E-state index contributed by atoms with van der Waals surface area (Å²) in [6.07, 6.45) is 7.00. The van der Waals surface area contributed by atoms with Crippen molar-refractivity contribution in [1.29, 1.82) is 0 Å². The second-order valence-corrected chi connectivity index (χ2v) is 7.06. The first-order valence-electron chi connectivity index (χ1n) is 8.98. The van der Waals surface area contributed by atoms with Gasteiger partial charge in [-0.15, -0.1) is 0 Å². The van der Waals surface area contributed by atoms with Crippen LogP contribution in [0, 0.1) is 11.8 Å². The topological polar surface area (TPSA) is 12.0 Å². The number of hydrogen-bond acceptors (Lipinski definition) is 1. The molecule has 1 heteroatoms. The van der Waals surface area contributed by atoms with Crippen molar-refractivity contribution < 1.29 is 0 Å². The van der Waals surface area contributed by atoms with Gasteiger partial charge in [0, 0.05) is 6.04 Å². The first kappa shape index (κ1) is 16.5. The van der Waals surface area contributed by atoms with E-state index in [-0.39, 0.29) is 0 Å². The molecule has 0 saturated heterocycles. The first-order valence-corrected chi connectivity index (χ1v) is 8.98. The van der Waals surface area contributed by atoms with Gasteiger partial charge in [0.2, 0.25) is 0 Å². The summed E-state index contributed by atoms with van der Waals surface area (Å²) in [7, 11) is 0. The minimum Gasteiger partial charge on any atom is -0.310 e. The highest BCUT2D eigenvalue weighted by Gasteiger charge is 2.28. The summed E-state index contributed by atoms with van der Waals surface area (Å²) in [5, 5.41) is 3.76. The molecule has 1 aromatic carbocycles. The Balaban J connectivity index is 2.13. The first-order chi connectivity index (χ1) is 10.2. The lowest BCUT2D eigenvalue weighted by Crippen LogP contribution is -2.31. The molecule has 1 nitrogen and oxygen atoms in total. The average Bonchev–Trinajstić information content (AvgIpc) is 2.52. The van der Waals surface area contributed by atoms with Gasteiger partial charge in [-0.1, -0.05) is 71.2 Å². The van der Waals surface area contributed by atoms with Crippen molar-refractivity contribution in [1.82, 2.24) is 5.32 Å². The van der Waals surface area contributed by atoms with Gasteiger partial charge in [0.25, 0.3) is 0 Å². The highest BCUT2D eigenvalue weighted by atomic mass is 14.9. The summed E-state index contributed by atoms with van der Waals surface area (Å²) in [4.78, 5) is 0. The maximum Gasteiger partial charge on any atom is 0.0348 e. The van der Waals surface area contributed by atoms with Gasteiger partial charge in [-0.2, -0.15) is 0 Å². The van der Waals surface area contributed by atoms with Crippen molar-refractivity contribution in [2.24, 2.45) is 11.8 Å². The van der Waals surface area contributed by atoms with Crippen LogP contribution in [-0.4, -0.2) is 6.54 Å². The molecule has 1 fully saturated rings. The zero-order chi connectivity index (χ0) is 15.2. The molecule has 2 rings (SSSR count). The molecule has 0 aliphatic heterocycles. The molecule has 1 saturated carbocycles. The fraction of sp³-hybridized carbons (Fsp3) is 0.700. The van der Waals surface area contributed by atoms with Crippen molar-refractivity contribution in [2.75, 3.05) is 6.54 Å². The van der Waals surface area contributed by atoms with Crippen LogP contribution in [0.15, 0.2) is 24.3 Å². The molecule has 0 radical (unpaired) electrons. The normalized spacial score (nSPS) is 24.2. The predicted octanol–water partition coefficient (Wildman–Crippen LogP) is 5.68. The minimum absolute atomic E-state index is 0.547. The molecule has 0 amide bonds. The third-order valence-electron chi connectivity index (χ3n) is 5.26. The van der Waals surface area contributed by atoms with Crippen LogP contribution in [0.5, 0.6) is 0 Å². The molecule has 21 heavy (non-hydrogen) atoms. The molecule has 0 spiro atoms. The molecule has 0 aromatic heterocycles. The smallest absolute Gasteiger partial charge is 0.0348 e. The summed E-state index contributed by atoms with van der Waals surface area (Å²) in [5.41, 5.74) is 2.94. The standard InChI is InChI=1S/C20H33N/c1-5-16-8-7-9-19(14-16)20(21-6-2)18-12-10-17(11-13-18)15(3)4/h10-13,15-16,19-21H,5-9,14H2,1-4H3. The van der Waals surface area contributed by atoms with Gasteiger partial charge in [0.15, 0.2) is 0 Å². The Labute approximate surface area is 131 Å². The van der Waals surface area contributed by atoms with Gasteiger partial charge in [-0.25, -0.2) is 0 Å². The highest BCUT2D eigenvalue weighted by molar-refractivity contribution is 5.27. The van der Waals surface area contributed by atoms with E-state index in [0.717, 1.165) is 18.4 Å². The molecule has 1 aliphatic rings. The fourth-order valence-corrected chi connectivity index (χ4v) is 3.87. The third-order valence-corrected chi connectivity index (χ3v) is 5.26. The van der Waals surface area contributed by atoms with E-state index >= 15 is 0 Å². The molecular weight excluding hydrogens is 254 g/mol. The number of benzene rings is 1. The van der Waals surface area contributed by atoms with E-state index in [1.54, 1.807) is 0 Å². The van der Waals surface area contributed by atoms with Gasteiger partial charge in [0.05, 0.1) is 0 Å². The quantitative estimate of drug-likeness (QED) is 0.710. The Hall–Kier alpha value is -0.820. The Kier molecular flexibility index (Phi) is 6.29. The Bertz CT molecular complexity index is 406. The Morgan fingerprint density at radius 1 is 1.05 bits per heavy atom. The van der Waals surface area contributed by atoms with Crippen LogP contribution in [0.4, 0.5) is 0 Å². The maximum atomic E-state index is 3.76. The molecule has 1 aliphatic carbocycles. The SMILES string of the molecule is CCNC(c1ccc(C(C)C)cc1)C1CCCC(CC)C1. The van der Waals surface area contributed by atoms with E-state index in [4.69, 9.17) is 0 Å². The lowest BCUT2D eigenvalue weighted by atomic mass is 9.75. The van der Waals surface area contributed by atoms with Crippen LogP contribution < -0.4 is 5.32 Å². The molecule has 3 unspecified atom stereocenters. The molecule has 1 N–H and O–H groups in total. The van der Waals surface area contributed by atoms with Crippen LogP contribution in [0.2, 0.25) is 0 Å². The Morgan fingerprint density at radius 2 is 1.71 bits per heavy atom. The highest BCUT2D eigenvalue weighted by Crippen LogP contribution is 2.38. The number of rotatable bonds is 6. The number of nitrogens with one attached hydrogen (secondary N) is 1. The van der Waals surface area contributed by atoms with Crippen LogP contribution in [0.1, 0.15) is 82.9 Å². The summed E-state index contributed by atoms with van der Waals surface area (Å²) in [6.45, 7) is 10.2. The van der Waals surface area contributed by atoms with Crippen molar-refractivity contribution >= 4 is 0 Å². The fourth-order valence-electron chi connectivity index (χ4n) is 3.87. The van der Waals surface area contributed by atoms with Crippen molar-refractivity contribution in [3.8, 4) is 0 Å². The molecular formula is C20H33N. The van der Waals surface area contributed by atoms with E-state index < -0.39 is 0 Å². The van der Waals surface area contributed by atoms with Crippen LogP contribution in [0.3, 0.4) is 0 Å². The predicted molar refractivity (Wildman–Crippen MR) is 92.7 cm³/mol.